The minimum Gasteiger partial charge on any atom is -0.381 e. The van der Waals surface area contributed by atoms with Crippen LogP contribution < -0.4 is 4.90 Å². The van der Waals surface area contributed by atoms with E-state index in [4.69, 9.17) is 16.3 Å². The van der Waals surface area contributed by atoms with Gasteiger partial charge in [0.15, 0.2) is 0 Å². The average molecular weight is 282 g/mol. The Morgan fingerprint density at radius 2 is 2.00 bits per heavy atom. The predicted octanol–water partition coefficient (Wildman–Crippen LogP) is 2.87. The number of hydrogen-bond donors (Lipinski definition) is 0. The molecule has 0 bridgehead atoms. The van der Waals surface area contributed by atoms with Crippen molar-refractivity contribution in [3.05, 3.63) is 17.0 Å². The van der Waals surface area contributed by atoms with Gasteiger partial charge in [-0.05, 0) is 31.6 Å². The molecule has 0 radical (unpaired) electrons. The van der Waals surface area contributed by atoms with Gasteiger partial charge < -0.3 is 9.64 Å². The van der Waals surface area contributed by atoms with Gasteiger partial charge >= 0.3 is 0 Å². The Bertz CT molecular complexity index is 444. The first kappa shape index (κ1) is 13.1. The summed E-state index contributed by atoms with van der Waals surface area (Å²) in [5.41, 5.74) is 0. The summed E-state index contributed by atoms with van der Waals surface area (Å²) in [6.07, 6.45) is 4.67. The molecule has 1 aliphatic carbocycles. The zero-order valence-electron chi connectivity index (χ0n) is 11.3. The van der Waals surface area contributed by atoms with Crippen molar-refractivity contribution in [2.75, 3.05) is 31.7 Å². The lowest BCUT2D eigenvalue weighted by Crippen LogP contribution is -2.30. The molecule has 0 atom stereocenters. The lowest BCUT2D eigenvalue weighted by molar-refractivity contribution is 0.0685. The standard InChI is InChI=1S/C14H20ClN3O/c1-18(9-10-4-6-19-7-5-10)13-8-12(15)16-14(17-13)11-2-3-11/h8,10-11H,2-7,9H2,1H3. The smallest absolute Gasteiger partial charge is 0.135 e. The van der Waals surface area contributed by atoms with Crippen LogP contribution in [0.4, 0.5) is 5.82 Å². The molecule has 1 saturated carbocycles. The maximum Gasteiger partial charge on any atom is 0.135 e. The van der Waals surface area contributed by atoms with Crippen molar-refractivity contribution in [2.45, 2.75) is 31.6 Å². The van der Waals surface area contributed by atoms with Gasteiger partial charge in [0, 0.05) is 38.8 Å². The highest BCUT2D eigenvalue weighted by atomic mass is 35.5. The molecule has 0 N–H and O–H groups in total. The van der Waals surface area contributed by atoms with E-state index in [2.05, 4.69) is 21.9 Å². The highest BCUT2D eigenvalue weighted by Gasteiger charge is 2.27. The van der Waals surface area contributed by atoms with E-state index in [0.29, 0.717) is 17.0 Å². The Kier molecular flexibility index (Phi) is 3.89. The highest BCUT2D eigenvalue weighted by Crippen LogP contribution is 2.39. The van der Waals surface area contributed by atoms with E-state index in [0.717, 1.165) is 44.2 Å². The molecule has 1 saturated heterocycles. The SMILES string of the molecule is CN(CC1CCOCC1)c1cc(Cl)nc(C2CC2)n1. The van der Waals surface area contributed by atoms with Crippen molar-refractivity contribution in [3.63, 3.8) is 0 Å². The number of ether oxygens (including phenoxy) is 1. The van der Waals surface area contributed by atoms with Crippen molar-refractivity contribution >= 4 is 17.4 Å². The fraction of sp³-hybridized carbons (Fsp3) is 0.714. The minimum atomic E-state index is 0.536. The second kappa shape index (κ2) is 5.63. The zero-order chi connectivity index (χ0) is 13.2. The molecule has 4 nitrogen and oxygen atoms in total. The second-order valence-electron chi connectivity index (χ2n) is 5.62. The van der Waals surface area contributed by atoms with Crippen LogP contribution in [0.2, 0.25) is 5.15 Å². The van der Waals surface area contributed by atoms with Gasteiger partial charge in [0.1, 0.15) is 16.8 Å². The zero-order valence-corrected chi connectivity index (χ0v) is 12.1. The fourth-order valence-corrected chi connectivity index (χ4v) is 2.74. The van der Waals surface area contributed by atoms with E-state index in [1.165, 1.54) is 12.8 Å². The topological polar surface area (TPSA) is 38.2 Å². The molecular weight excluding hydrogens is 262 g/mol. The van der Waals surface area contributed by atoms with Crippen molar-refractivity contribution in [3.8, 4) is 0 Å². The van der Waals surface area contributed by atoms with Gasteiger partial charge in [-0.15, -0.1) is 0 Å². The molecule has 0 unspecified atom stereocenters. The summed E-state index contributed by atoms with van der Waals surface area (Å²) in [6.45, 7) is 2.79. The lowest BCUT2D eigenvalue weighted by atomic mass is 10.00. The van der Waals surface area contributed by atoms with E-state index in [1.807, 2.05) is 6.07 Å². The van der Waals surface area contributed by atoms with Crippen LogP contribution in [-0.4, -0.2) is 36.8 Å². The summed E-state index contributed by atoms with van der Waals surface area (Å²) in [7, 11) is 2.09. The monoisotopic (exact) mass is 281 g/mol. The van der Waals surface area contributed by atoms with Gasteiger partial charge in [-0.25, -0.2) is 9.97 Å². The number of aromatic nitrogens is 2. The minimum absolute atomic E-state index is 0.536. The molecule has 2 aliphatic rings. The maximum absolute atomic E-state index is 6.11. The van der Waals surface area contributed by atoms with Gasteiger partial charge in [0.25, 0.3) is 0 Å². The Balaban J connectivity index is 1.69. The molecule has 1 aliphatic heterocycles. The first-order valence-corrected chi connectivity index (χ1v) is 7.43. The van der Waals surface area contributed by atoms with Crippen LogP contribution in [0.3, 0.4) is 0 Å². The van der Waals surface area contributed by atoms with Gasteiger partial charge in [0.05, 0.1) is 0 Å². The first-order valence-electron chi connectivity index (χ1n) is 7.06. The van der Waals surface area contributed by atoms with E-state index in [1.54, 1.807) is 0 Å². The molecule has 0 amide bonds. The van der Waals surface area contributed by atoms with Crippen LogP contribution in [-0.2, 0) is 4.74 Å². The van der Waals surface area contributed by atoms with Crippen molar-refractivity contribution < 1.29 is 4.74 Å². The van der Waals surface area contributed by atoms with Crippen molar-refractivity contribution in [2.24, 2.45) is 5.92 Å². The molecule has 5 heteroatoms. The molecule has 104 valence electrons. The summed E-state index contributed by atoms with van der Waals surface area (Å²) in [4.78, 5) is 11.2. The third-order valence-electron chi connectivity index (χ3n) is 3.91. The summed E-state index contributed by atoms with van der Waals surface area (Å²) in [5.74, 6) is 3.10. The van der Waals surface area contributed by atoms with Crippen molar-refractivity contribution in [1.82, 2.24) is 9.97 Å². The van der Waals surface area contributed by atoms with Gasteiger partial charge in [-0.1, -0.05) is 11.6 Å². The van der Waals surface area contributed by atoms with Crippen LogP contribution in [0.5, 0.6) is 0 Å². The number of hydrogen-bond acceptors (Lipinski definition) is 4. The van der Waals surface area contributed by atoms with Crippen LogP contribution in [0, 0.1) is 5.92 Å². The quantitative estimate of drug-likeness (QED) is 0.796. The Morgan fingerprint density at radius 3 is 2.68 bits per heavy atom. The molecule has 1 aromatic rings. The molecular formula is C14H20ClN3O. The summed E-state index contributed by atoms with van der Waals surface area (Å²) < 4.78 is 5.40. The van der Waals surface area contributed by atoms with Crippen LogP contribution >= 0.6 is 11.6 Å². The Hall–Kier alpha value is -0.870. The third-order valence-corrected chi connectivity index (χ3v) is 4.10. The predicted molar refractivity (Wildman–Crippen MR) is 75.8 cm³/mol. The van der Waals surface area contributed by atoms with Gasteiger partial charge in [-0.2, -0.15) is 0 Å². The largest absolute Gasteiger partial charge is 0.381 e. The van der Waals surface area contributed by atoms with E-state index in [-0.39, 0.29) is 0 Å². The molecule has 2 heterocycles. The second-order valence-corrected chi connectivity index (χ2v) is 6.00. The van der Waals surface area contributed by atoms with Crippen LogP contribution in [0.25, 0.3) is 0 Å². The molecule has 0 spiro atoms. The van der Waals surface area contributed by atoms with Crippen LogP contribution in [0.15, 0.2) is 6.07 Å². The van der Waals surface area contributed by atoms with E-state index < -0.39 is 0 Å². The summed E-state index contributed by atoms with van der Waals surface area (Å²) in [6, 6.07) is 1.87. The average Bonchev–Trinajstić information content (AvgIpc) is 3.23. The Morgan fingerprint density at radius 1 is 1.26 bits per heavy atom. The summed E-state index contributed by atoms with van der Waals surface area (Å²) >= 11 is 6.11. The normalized spacial score (nSPS) is 20.5. The van der Waals surface area contributed by atoms with E-state index >= 15 is 0 Å². The van der Waals surface area contributed by atoms with Gasteiger partial charge in [-0.3, -0.25) is 0 Å². The number of rotatable bonds is 4. The molecule has 1 aromatic heterocycles. The molecule has 0 aromatic carbocycles. The van der Waals surface area contributed by atoms with Crippen molar-refractivity contribution in [1.29, 1.82) is 0 Å². The number of nitrogens with zero attached hydrogens (tertiary/aromatic N) is 3. The Labute approximate surface area is 119 Å². The molecule has 19 heavy (non-hydrogen) atoms. The third kappa shape index (κ3) is 3.37. The fourth-order valence-electron chi connectivity index (χ4n) is 2.55. The van der Waals surface area contributed by atoms with Crippen LogP contribution in [0.1, 0.15) is 37.4 Å². The maximum atomic E-state index is 6.11. The molecule has 2 fully saturated rings. The van der Waals surface area contributed by atoms with E-state index in [9.17, 15) is 0 Å². The van der Waals surface area contributed by atoms with Gasteiger partial charge in [0.2, 0.25) is 0 Å². The molecule has 3 rings (SSSR count). The first-order chi connectivity index (χ1) is 9.22. The highest BCUT2D eigenvalue weighted by molar-refractivity contribution is 6.29. The summed E-state index contributed by atoms with van der Waals surface area (Å²) in [5, 5.41) is 0.561. The lowest BCUT2D eigenvalue weighted by Gasteiger charge is -2.28. The number of halogens is 1. The number of anilines is 1.